The van der Waals surface area contributed by atoms with Gasteiger partial charge < -0.3 is 15.4 Å². The molecule has 0 spiro atoms. The Morgan fingerprint density at radius 2 is 1.74 bits per heavy atom. The molecule has 2 amide bonds. The first-order valence-electron chi connectivity index (χ1n) is 9.28. The minimum absolute atomic E-state index is 0.0589. The Balaban J connectivity index is 1.76. The van der Waals surface area contributed by atoms with Crippen LogP contribution in [0.3, 0.4) is 0 Å². The topological polar surface area (TPSA) is 73.9 Å². The lowest BCUT2D eigenvalue weighted by Gasteiger charge is -2.34. The second-order valence-corrected chi connectivity index (χ2v) is 7.26. The molecule has 1 aromatic carbocycles. The predicted octanol–water partition coefficient (Wildman–Crippen LogP) is 1.82. The standard InChI is InChI=1S/C19H29ClN4O3/c1-4-14(2)21-18(25)12-23-7-9-24(10-8-23)13-19(26)22-16-11-15(20)5-6-17(16)27-3/h5-6,11,14H,4,7-10,12-13H2,1-3H3,(H,21,25)(H,22,26). The van der Waals surface area contributed by atoms with Crippen LogP contribution in [0.1, 0.15) is 20.3 Å². The molecule has 2 N–H and O–H groups in total. The van der Waals surface area contributed by atoms with Crippen molar-refractivity contribution in [2.45, 2.75) is 26.3 Å². The van der Waals surface area contributed by atoms with E-state index in [1.807, 2.05) is 13.8 Å². The first kappa shape index (κ1) is 21.5. The second-order valence-electron chi connectivity index (χ2n) is 6.82. The van der Waals surface area contributed by atoms with Crippen molar-refractivity contribution in [2.75, 3.05) is 51.7 Å². The first-order valence-corrected chi connectivity index (χ1v) is 9.66. The third-order valence-electron chi connectivity index (χ3n) is 4.65. The van der Waals surface area contributed by atoms with Crippen LogP contribution in [0.15, 0.2) is 18.2 Å². The van der Waals surface area contributed by atoms with E-state index in [9.17, 15) is 9.59 Å². The summed E-state index contributed by atoms with van der Waals surface area (Å²) in [6, 6.07) is 5.31. The molecule has 27 heavy (non-hydrogen) atoms. The highest BCUT2D eigenvalue weighted by Crippen LogP contribution is 2.27. The van der Waals surface area contributed by atoms with Gasteiger partial charge in [0.15, 0.2) is 0 Å². The number of ether oxygens (including phenoxy) is 1. The maximum absolute atomic E-state index is 12.3. The zero-order chi connectivity index (χ0) is 19.8. The number of methoxy groups -OCH3 is 1. The fourth-order valence-electron chi connectivity index (χ4n) is 2.90. The predicted molar refractivity (Wildman–Crippen MR) is 107 cm³/mol. The number of halogens is 1. The number of hydrogen-bond acceptors (Lipinski definition) is 5. The molecule has 1 aliphatic heterocycles. The smallest absolute Gasteiger partial charge is 0.238 e. The number of rotatable bonds is 8. The number of nitrogens with one attached hydrogen (secondary N) is 2. The van der Waals surface area contributed by atoms with Gasteiger partial charge in [0.25, 0.3) is 0 Å². The molecule has 1 aliphatic rings. The van der Waals surface area contributed by atoms with Gasteiger partial charge in [-0.25, -0.2) is 0 Å². The van der Waals surface area contributed by atoms with E-state index in [1.165, 1.54) is 0 Å². The fourth-order valence-corrected chi connectivity index (χ4v) is 3.07. The molecular weight excluding hydrogens is 368 g/mol. The normalized spacial score (nSPS) is 16.6. The minimum Gasteiger partial charge on any atom is -0.495 e. The highest BCUT2D eigenvalue weighted by molar-refractivity contribution is 6.31. The van der Waals surface area contributed by atoms with Gasteiger partial charge in [0, 0.05) is 37.2 Å². The van der Waals surface area contributed by atoms with E-state index in [4.69, 9.17) is 16.3 Å². The quantitative estimate of drug-likeness (QED) is 0.701. The Hall–Kier alpha value is -1.83. The molecule has 1 atom stereocenters. The Bertz CT molecular complexity index is 648. The summed E-state index contributed by atoms with van der Waals surface area (Å²) < 4.78 is 5.25. The van der Waals surface area contributed by atoms with E-state index < -0.39 is 0 Å². The molecule has 0 radical (unpaired) electrons. The van der Waals surface area contributed by atoms with Crippen LogP contribution in [-0.4, -0.2) is 74.0 Å². The number of hydrogen-bond donors (Lipinski definition) is 2. The van der Waals surface area contributed by atoms with Crippen LogP contribution >= 0.6 is 11.6 Å². The summed E-state index contributed by atoms with van der Waals surface area (Å²) in [6.45, 7) is 7.78. The molecular formula is C19H29ClN4O3. The first-order chi connectivity index (χ1) is 12.9. The highest BCUT2D eigenvalue weighted by atomic mass is 35.5. The molecule has 2 rings (SSSR count). The van der Waals surface area contributed by atoms with Crippen molar-refractivity contribution in [1.29, 1.82) is 0 Å². The molecule has 150 valence electrons. The Labute approximate surface area is 166 Å². The van der Waals surface area contributed by atoms with Gasteiger partial charge >= 0.3 is 0 Å². The lowest BCUT2D eigenvalue weighted by molar-refractivity contribution is -0.124. The van der Waals surface area contributed by atoms with Crippen LogP contribution in [0.4, 0.5) is 5.69 Å². The third kappa shape index (κ3) is 7.01. The molecule has 0 saturated carbocycles. The van der Waals surface area contributed by atoms with Crippen LogP contribution in [0.2, 0.25) is 5.02 Å². The van der Waals surface area contributed by atoms with Crippen LogP contribution in [0, 0.1) is 0 Å². The largest absolute Gasteiger partial charge is 0.495 e. The Kier molecular flexibility index (Phi) is 8.34. The summed E-state index contributed by atoms with van der Waals surface area (Å²) in [5.41, 5.74) is 0.565. The Morgan fingerprint density at radius 3 is 2.30 bits per heavy atom. The van der Waals surface area contributed by atoms with Gasteiger partial charge in [0.05, 0.1) is 25.9 Å². The summed E-state index contributed by atoms with van der Waals surface area (Å²) in [7, 11) is 1.55. The lowest BCUT2D eigenvalue weighted by Crippen LogP contribution is -2.51. The van der Waals surface area contributed by atoms with Gasteiger partial charge in [-0.3, -0.25) is 19.4 Å². The summed E-state index contributed by atoms with van der Waals surface area (Å²) in [6.07, 6.45) is 0.923. The summed E-state index contributed by atoms with van der Waals surface area (Å²) in [5.74, 6) is 0.520. The molecule has 8 heteroatoms. The van der Waals surface area contributed by atoms with Crippen molar-refractivity contribution < 1.29 is 14.3 Å². The molecule has 1 fully saturated rings. The molecule has 1 saturated heterocycles. The van der Waals surface area contributed by atoms with Crippen molar-refractivity contribution in [3.8, 4) is 5.75 Å². The van der Waals surface area contributed by atoms with E-state index in [-0.39, 0.29) is 17.9 Å². The number of amides is 2. The van der Waals surface area contributed by atoms with Crippen LogP contribution in [0.5, 0.6) is 5.75 Å². The van der Waals surface area contributed by atoms with E-state index >= 15 is 0 Å². The van der Waals surface area contributed by atoms with Gasteiger partial charge in [-0.05, 0) is 31.5 Å². The maximum Gasteiger partial charge on any atom is 0.238 e. The molecule has 1 heterocycles. The third-order valence-corrected chi connectivity index (χ3v) is 4.89. The molecule has 1 unspecified atom stereocenters. The van der Waals surface area contributed by atoms with Gasteiger partial charge in [-0.2, -0.15) is 0 Å². The monoisotopic (exact) mass is 396 g/mol. The van der Waals surface area contributed by atoms with Crippen molar-refractivity contribution in [3.63, 3.8) is 0 Å². The number of piperazine rings is 1. The molecule has 0 aromatic heterocycles. The minimum atomic E-state index is -0.112. The summed E-state index contributed by atoms with van der Waals surface area (Å²) in [5, 5.41) is 6.37. The van der Waals surface area contributed by atoms with Gasteiger partial charge in [-0.1, -0.05) is 18.5 Å². The number of anilines is 1. The zero-order valence-corrected chi connectivity index (χ0v) is 17.0. The van der Waals surface area contributed by atoms with E-state index in [0.29, 0.717) is 29.5 Å². The van der Waals surface area contributed by atoms with Crippen LogP contribution in [-0.2, 0) is 9.59 Å². The Morgan fingerprint density at radius 1 is 1.15 bits per heavy atom. The van der Waals surface area contributed by atoms with E-state index in [0.717, 1.165) is 32.6 Å². The molecule has 7 nitrogen and oxygen atoms in total. The second kappa shape index (κ2) is 10.5. The van der Waals surface area contributed by atoms with Gasteiger partial charge in [0.2, 0.25) is 11.8 Å². The molecule has 0 bridgehead atoms. The number of carbonyl (C=O) groups excluding carboxylic acids is 2. The van der Waals surface area contributed by atoms with E-state index in [1.54, 1.807) is 25.3 Å². The number of nitrogens with zero attached hydrogens (tertiary/aromatic N) is 2. The van der Waals surface area contributed by atoms with Gasteiger partial charge in [-0.15, -0.1) is 0 Å². The molecule has 0 aliphatic carbocycles. The average Bonchev–Trinajstić information content (AvgIpc) is 2.63. The van der Waals surface area contributed by atoms with Crippen molar-refractivity contribution in [3.05, 3.63) is 23.2 Å². The summed E-state index contributed by atoms with van der Waals surface area (Å²) in [4.78, 5) is 28.5. The molecule has 1 aromatic rings. The van der Waals surface area contributed by atoms with E-state index in [2.05, 4.69) is 20.4 Å². The van der Waals surface area contributed by atoms with Crippen LogP contribution < -0.4 is 15.4 Å². The maximum atomic E-state index is 12.3. The SMILES string of the molecule is CCC(C)NC(=O)CN1CCN(CC(=O)Nc2cc(Cl)ccc2OC)CC1. The average molecular weight is 397 g/mol. The highest BCUT2D eigenvalue weighted by Gasteiger charge is 2.21. The summed E-state index contributed by atoms with van der Waals surface area (Å²) >= 11 is 5.99. The number of carbonyl (C=O) groups is 2. The van der Waals surface area contributed by atoms with Crippen LogP contribution in [0.25, 0.3) is 0 Å². The lowest BCUT2D eigenvalue weighted by atomic mass is 10.2. The van der Waals surface area contributed by atoms with Crippen molar-refractivity contribution in [2.24, 2.45) is 0 Å². The number of benzene rings is 1. The fraction of sp³-hybridized carbons (Fsp3) is 0.579. The van der Waals surface area contributed by atoms with Crippen molar-refractivity contribution >= 4 is 29.1 Å². The van der Waals surface area contributed by atoms with Crippen molar-refractivity contribution in [1.82, 2.24) is 15.1 Å². The zero-order valence-electron chi connectivity index (χ0n) is 16.3. The van der Waals surface area contributed by atoms with Gasteiger partial charge in [0.1, 0.15) is 5.75 Å².